The highest BCUT2D eigenvalue weighted by Crippen LogP contribution is 2.66. The predicted octanol–water partition coefficient (Wildman–Crippen LogP) is 4.15. The van der Waals surface area contributed by atoms with Gasteiger partial charge in [0.2, 0.25) is 6.79 Å². The molecule has 1 aromatic rings. The number of hydrogen-bond acceptors (Lipinski definition) is 3. The molecule has 3 heteroatoms. The van der Waals surface area contributed by atoms with Gasteiger partial charge in [0, 0.05) is 0 Å². The van der Waals surface area contributed by atoms with Crippen LogP contribution in [0, 0.1) is 16.7 Å². The average molecular weight is 288 g/mol. The van der Waals surface area contributed by atoms with E-state index in [1.54, 1.807) is 0 Å². The highest BCUT2D eigenvalue weighted by molar-refractivity contribution is 5.44. The lowest BCUT2D eigenvalue weighted by atomic mass is 9.70. The summed E-state index contributed by atoms with van der Waals surface area (Å²) >= 11 is 0. The minimum atomic E-state index is 0.327. The molecular weight excluding hydrogens is 264 g/mol. The fraction of sp³-hybridized carbons (Fsp3) is 0.667. The van der Waals surface area contributed by atoms with Crippen molar-refractivity contribution in [3.8, 4) is 11.5 Å². The highest BCUT2D eigenvalue weighted by Gasteiger charge is 2.61. The van der Waals surface area contributed by atoms with Crippen molar-refractivity contribution in [1.82, 2.24) is 0 Å². The van der Waals surface area contributed by atoms with Crippen molar-refractivity contribution >= 4 is 0 Å². The van der Waals surface area contributed by atoms with Crippen LogP contribution >= 0.6 is 0 Å². The van der Waals surface area contributed by atoms with E-state index in [-0.39, 0.29) is 0 Å². The van der Waals surface area contributed by atoms with Crippen molar-refractivity contribution in [2.45, 2.75) is 52.7 Å². The van der Waals surface area contributed by atoms with E-state index < -0.39 is 0 Å². The zero-order valence-corrected chi connectivity index (χ0v) is 13.1. The molecule has 2 aliphatic carbocycles. The van der Waals surface area contributed by atoms with Gasteiger partial charge in [-0.25, -0.2) is 0 Å². The summed E-state index contributed by atoms with van der Waals surface area (Å²) in [6.07, 6.45) is 4.27. The van der Waals surface area contributed by atoms with Crippen LogP contribution in [0.15, 0.2) is 18.2 Å². The fourth-order valence-corrected chi connectivity index (χ4v) is 4.61. The van der Waals surface area contributed by atoms with E-state index in [2.05, 4.69) is 26.8 Å². The molecule has 3 nitrogen and oxygen atoms in total. The van der Waals surface area contributed by atoms with Gasteiger partial charge in [-0.2, -0.15) is 0 Å². The lowest BCUT2D eigenvalue weighted by Gasteiger charge is -2.38. The number of rotatable bonds is 3. The van der Waals surface area contributed by atoms with Crippen molar-refractivity contribution in [3.63, 3.8) is 0 Å². The molecule has 21 heavy (non-hydrogen) atoms. The molecule has 2 saturated carbocycles. The molecule has 0 saturated heterocycles. The molecule has 3 unspecified atom stereocenters. The molecule has 0 amide bonds. The van der Waals surface area contributed by atoms with Crippen LogP contribution in [0.2, 0.25) is 0 Å². The van der Waals surface area contributed by atoms with E-state index in [0.29, 0.717) is 30.3 Å². The van der Waals surface area contributed by atoms with Gasteiger partial charge in [0.05, 0.1) is 12.7 Å². The summed E-state index contributed by atoms with van der Waals surface area (Å²) in [7, 11) is 0. The zero-order chi connectivity index (χ0) is 14.7. The van der Waals surface area contributed by atoms with Crippen molar-refractivity contribution in [2.75, 3.05) is 6.79 Å². The molecule has 1 aliphatic heterocycles. The summed E-state index contributed by atoms with van der Waals surface area (Å²) < 4.78 is 17.1. The topological polar surface area (TPSA) is 27.7 Å². The van der Waals surface area contributed by atoms with Crippen LogP contribution in [0.3, 0.4) is 0 Å². The van der Waals surface area contributed by atoms with Crippen LogP contribution in [-0.2, 0) is 11.3 Å². The van der Waals surface area contributed by atoms with Crippen molar-refractivity contribution in [2.24, 2.45) is 16.7 Å². The Hall–Kier alpha value is -1.22. The first-order valence-corrected chi connectivity index (χ1v) is 8.01. The Balaban J connectivity index is 1.46. The Labute approximate surface area is 126 Å². The van der Waals surface area contributed by atoms with Crippen LogP contribution in [0.25, 0.3) is 0 Å². The van der Waals surface area contributed by atoms with Crippen LogP contribution < -0.4 is 9.47 Å². The molecule has 4 rings (SSSR count). The summed E-state index contributed by atoms with van der Waals surface area (Å²) in [6, 6.07) is 6.10. The van der Waals surface area contributed by atoms with Gasteiger partial charge in [0.1, 0.15) is 0 Å². The Morgan fingerprint density at radius 1 is 1.19 bits per heavy atom. The molecule has 0 N–H and O–H groups in total. The van der Waals surface area contributed by atoms with E-state index in [0.717, 1.165) is 17.4 Å². The quantitative estimate of drug-likeness (QED) is 0.836. The number of benzene rings is 1. The summed E-state index contributed by atoms with van der Waals surface area (Å²) in [4.78, 5) is 0. The summed E-state index contributed by atoms with van der Waals surface area (Å²) in [6.45, 7) is 8.27. The molecule has 114 valence electrons. The molecule has 0 radical (unpaired) electrons. The Kier molecular flexibility index (Phi) is 2.81. The van der Waals surface area contributed by atoms with Gasteiger partial charge < -0.3 is 14.2 Å². The molecule has 1 heterocycles. The summed E-state index contributed by atoms with van der Waals surface area (Å²) in [5.74, 6) is 2.51. The second-order valence-electron chi connectivity index (χ2n) is 7.60. The predicted molar refractivity (Wildman–Crippen MR) is 80.4 cm³/mol. The zero-order valence-electron chi connectivity index (χ0n) is 13.1. The maximum absolute atomic E-state index is 6.32. The van der Waals surface area contributed by atoms with Crippen LogP contribution in [0.5, 0.6) is 11.5 Å². The Bertz CT molecular complexity index is 566. The molecule has 0 spiro atoms. The summed E-state index contributed by atoms with van der Waals surface area (Å²) in [5.41, 5.74) is 1.91. The molecule has 2 fully saturated rings. The van der Waals surface area contributed by atoms with Gasteiger partial charge in [-0.3, -0.25) is 0 Å². The molecule has 3 atom stereocenters. The standard InChI is InChI=1S/C18H24O3/c1-17(2)13-6-7-18(17,3)16(9-13)19-10-12-4-5-14-15(8-12)21-11-20-14/h4-5,8,13,16H,6-7,9-11H2,1-3H3. The second-order valence-corrected chi connectivity index (χ2v) is 7.60. The van der Waals surface area contributed by atoms with E-state index in [1.807, 2.05) is 12.1 Å². The van der Waals surface area contributed by atoms with Gasteiger partial charge >= 0.3 is 0 Å². The second kappa shape index (κ2) is 4.39. The summed E-state index contributed by atoms with van der Waals surface area (Å²) in [5, 5.41) is 0. The first-order chi connectivity index (χ1) is 10.0. The minimum absolute atomic E-state index is 0.327. The van der Waals surface area contributed by atoms with Gasteiger partial charge in [-0.1, -0.05) is 26.8 Å². The third kappa shape index (κ3) is 1.83. The molecular formula is C18H24O3. The minimum Gasteiger partial charge on any atom is -0.454 e. The number of fused-ring (bicyclic) bond motifs is 3. The third-order valence-corrected chi connectivity index (χ3v) is 6.60. The fourth-order valence-electron chi connectivity index (χ4n) is 4.61. The van der Waals surface area contributed by atoms with Crippen molar-refractivity contribution in [3.05, 3.63) is 23.8 Å². The van der Waals surface area contributed by atoms with E-state index in [1.165, 1.54) is 24.8 Å². The average Bonchev–Trinajstić information content (AvgIpc) is 3.06. The normalized spacial score (nSPS) is 35.4. The Morgan fingerprint density at radius 2 is 2.00 bits per heavy atom. The molecule has 2 bridgehead atoms. The smallest absolute Gasteiger partial charge is 0.231 e. The Morgan fingerprint density at radius 3 is 2.71 bits per heavy atom. The van der Waals surface area contributed by atoms with Crippen LogP contribution in [-0.4, -0.2) is 12.9 Å². The maximum Gasteiger partial charge on any atom is 0.231 e. The van der Waals surface area contributed by atoms with Crippen LogP contribution in [0.1, 0.15) is 45.6 Å². The van der Waals surface area contributed by atoms with E-state index in [4.69, 9.17) is 14.2 Å². The van der Waals surface area contributed by atoms with Crippen molar-refractivity contribution < 1.29 is 14.2 Å². The van der Waals surface area contributed by atoms with Gasteiger partial charge in [0.25, 0.3) is 0 Å². The first-order valence-electron chi connectivity index (χ1n) is 8.01. The van der Waals surface area contributed by atoms with Crippen molar-refractivity contribution in [1.29, 1.82) is 0 Å². The molecule has 3 aliphatic rings. The SMILES string of the molecule is CC1(C)C2CCC1(C)C(OCc1ccc3c(c1)OCO3)C2. The van der Waals surface area contributed by atoms with Gasteiger partial charge in [-0.15, -0.1) is 0 Å². The number of hydrogen-bond donors (Lipinski definition) is 0. The maximum atomic E-state index is 6.32. The number of ether oxygens (including phenoxy) is 3. The van der Waals surface area contributed by atoms with Crippen LogP contribution in [0.4, 0.5) is 0 Å². The van der Waals surface area contributed by atoms with Gasteiger partial charge in [-0.05, 0) is 53.7 Å². The largest absolute Gasteiger partial charge is 0.454 e. The lowest BCUT2D eigenvalue weighted by molar-refractivity contribution is -0.0550. The van der Waals surface area contributed by atoms with E-state index in [9.17, 15) is 0 Å². The van der Waals surface area contributed by atoms with Gasteiger partial charge in [0.15, 0.2) is 11.5 Å². The highest BCUT2D eigenvalue weighted by atomic mass is 16.7. The monoisotopic (exact) mass is 288 g/mol. The lowest BCUT2D eigenvalue weighted by Crippen LogP contribution is -2.37. The van der Waals surface area contributed by atoms with E-state index >= 15 is 0 Å². The third-order valence-electron chi connectivity index (χ3n) is 6.60. The first kappa shape index (κ1) is 13.4. The molecule has 1 aromatic carbocycles. The molecule has 0 aromatic heterocycles.